The second kappa shape index (κ2) is 9.67. The molecule has 2 aliphatic heterocycles. The minimum Gasteiger partial charge on any atom is -0.376 e. The number of piperidine rings is 1. The Morgan fingerprint density at radius 3 is 2.68 bits per heavy atom. The topological polar surface area (TPSA) is 27.7 Å². The second-order valence-electron chi connectivity index (χ2n) is 7.73. The number of nitrogens with zero attached hydrogens (tertiary/aromatic N) is 2. The minimum absolute atomic E-state index is 0.358. The molecular weight excluding hydrogens is 310 g/mol. The molecule has 1 aromatic rings. The Balaban J connectivity index is 1.44. The third-order valence-electron chi connectivity index (χ3n) is 5.45. The van der Waals surface area contributed by atoms with Gasteiger partial charge in [-0.05, 0) is 56.9 Å². The highest BCUT2D eigenvalue weighted by molar-refractivity contribution is 5.23. The van der Waals surface area contributed by atoms with Crippen LogP contribution in [0.3, 0.4) is 0 Å². The van der Waals surface area contributed by atoms with E-state index in [2.05, 4.69) is 53.2 Å². The lowest BCUT2D eigenvalue weighted by Crippen LogP contribution is -2.42. The van der Waals surface area contributed by atoms with Crippen LogP contribution in [0.4, 0.5) is 0 Å². The van der Waals surface area contributed by atoms with Crippen molar-refractivity contribution >= 4 is 0 Å². The van der Waals surface area contributed by atoms with Gasteiger partial charge in [-0.3, -0.25) is 4.90 Å². The van der Waals surface area contributed by atoms with E-state index in [0.717, 1.165) is 32.8 Å². The van der Waals surface area contributed by atoms with E-state index >= 15 is 0 Å². The average Bonchev–Trinajstić information content (AvgIpc) is 2.62. The van der Waals surface area contributed by atoms with Crippen LogP contribution in [0, 0.1) is 0 Å². The number of hydrogen-bond donors (Lipinski definition) is 1. The van der Waals surface area contributed by atoms with Gasteiger partial charge in [0.25, 0.3) is 0 Å². The van der Waals surface area contributed by atoms with E-state index in [1.165, 1.54) is 50.0 Å². The van der Waals surface area contributed by atoms with Crippen molar-refractivity contribution in [1.82, 2.24) is 15.1 Å². The monoisotopic (exact) mass is 345 g/mol. The van der Waals surface area contributed by atoms with Gasteiger partial charge in [-0.15, -0.1) is 0 Å². The number of hydrogen-bond acceptors (Lipinski definition) is 4. The SMILES string of the molecule is CCCN1CCC(NCc2cccc(CN3CCO[C@H](C)C3)c2)CC1. The molecule has 1 atom stereocenters. The fourth-order valence-corrected chi connectivity index (χ4v) is 4.07. The third-order valence-corrected chi connectivity index (χ3v) is 5.45. The van der Waals surface area contributed by atoms with Crippen molar-refractivity contribution in [3.8, 4) is 0 Å². The summed E-state index contributed by atoms with van der Waals surface area (Å²) < 4.78 is 5.64. The number of nitrogens with one attached hydrogen (secondary N) is 1. The van der Waals surface area contributed by atoms with Crippen LogP contribution in [0.2, 0.25) is 0 Å². The molecule has 25 heavy (non-hydrogen) atoms. The molecule has 2 fully saturated rings. The Hall–Kier alpha value is -0.940. The maximum absolute atomic E-state index is 5.64. The molecule has 140 valence electrons. The van der Waals surface area contributed by atoms with E-state index in [0.29, 0.717) is 12.1 Å². The summed E-state index contributed by atoms with van der Waals surface area (Å²) in [7, 11) is 0. The molecule has 1 aromatic carbocycles. The largest absolute Gasteiger partial charge is 0.376 e. The fourth-order valence-electron chi connectivity index (χ4n) is 4.07. The van der Waals surface area contributed by atoms with Crippen molar-refractivity contribution in [2.24, 2.45) is 0 Å². The molecule has 0 radical (unpaired) electrons. The van der Waals surface area contributed by atoms with Crippen molar-refractivity contribution in [2.45, 2.75) is 58.3 Å². The number of likely N-dealkylation sites (tertiary alicyclic amines) is 1. The summed E-state index contributed by atoms with van der Waals surface area (Å²) in [6.07, 6.45) is 4.20. The van der Waals surface area contributed by atoms with Crippen LogP contribution in [0.1, 0.15) is 44.2 Å². The standard InChI is InChI=1S/C21H35N3O/c1-3-9-23-10-7-21(8-11-23)22-15-19-5-4-6-20(14-19)17-24-12-13-25-18(2)16-24/h4-6,14,18,21-22H,3,7-13,15-17H2,1-2H3/t18-/m1/s1. The summed E-state index contributed by atoms with van der Waals surface area (Å²) in [5.74, 6) is 0. The van der Waals surface area contributed by atoms with Crippen LogP contribution in [-0.4, -0.2) is 61.3 Å². The van der Waals surface area contributed by atoms with Crippen LogP contribution in [0.15, 0.2) is 24.3 Å². The molecule has 0 saturated carbocycles. The van der Waals surface area contributed by atoms with Crippen LogP contribution in [-0.2, 0) is 17.8 Å². The summed E-state index contributed by atoms with van der Waals surface area (Å²) in [5, 5.41) is 3.78. The van der Waals surface area contributed by atoms with Crippen molar-refractivity contribution in [3.05, 3.63) is 35.4 Å². The quantitative estimate of drug-likeness (QED) is 0.822. The van der Waals surface area contributed by atoms with E-state index in [1.807, 2.05) is 0 Å². The third kappa shape index (κ3) is 6.07. The van der Waals surface area contributed by atoms with E-state index in [4.69, 9.17) is 4.74 Å². The zero-order valence-electron chi connectivity index (χ0n) is 16.0. The molecule has 3 rings (SSSR count). The Morgan fingerprint density at radius 1 is 1.12 bits per heavy atom. The molecule has 0 bridgehead atoms. The summed E-state index contributed by atoms with van der Waals surface area (Å²) >= 11 is 0. The van der Waals surface area contributed by atoms with Gasteiger partial charge in [-0.2, -0.15) is 0 Å². The predicted octanol–water partition coefficient (Wildman–Crippen LogP) is 2.87. The van der Waals surface area contributed by atoms with E-state index < -0.39 is 0 Å². The Labute approximate surface area is 153 Å². The number of morpholine rings is 1. The first-order valence-electron chi connectivity index (χ1n) is 10.1. The lowest BCUT2D eigenvalue weighted by atomic mass is 10.0. The molecule has 4 heteroatoms. The van der Waals surface area contributed by atoms with Gasteiger partial charge in [0.2, 0.25) is 0 Å². The first kappa shape index (κ1) is 18.8. The molecule has 2 aliphatic rings. The fraction of sp³-hybridized carbons (Fsp3) is 0.714. The molecule has 4 nitrogen and oxygen atoms in total. The van der Waals surface area contributed by atoms with E-state index in [9.17, 15) is 0 Å². The smallest absolute Gasteiger partial charge is 0.0674 e. The van der Waals surface area contributed by atoms with Crippen molar-refractivity contribution in [2.75, 3.05) is 39.3 Å². The lowest BCUT2D eigenvalue weighted by Gasteiger charge is -2.32. The van der Waals surface area contributed by atoms with Crippen molar-refractivity contribution in [1.29, 1.82) is 0 Å². The Bertz CT molecular complexity index is 514. The highest BCUT2D eigenvalue weighted by Crippen LogP contribution is 2.14. The van der Waals surface area contributed by atoms with Crippen LogP contribution in [0.25, 0.3) is 0 Å². The van der Waals surface area contributed by atoms with Gasteiger partial charge >= 0.3 is 0 Å². The summed E-state index contributed by atoms with van der Waals surface area (Å²) in [6, 6.07) is 9.77. The summed E-state index contributed by atoms with van der Waals surface area (Å²) in [6.45, 7) is 13.2. The molecule has 0 unspecified atom stereocenters. The number of rotatable bonds is 7. The lowest BCUT2D eigenvalue weighted by molar-refractivity contribution is -0.0212. The number of ether oxygens (including phenoxy) is 1. The number of benzene rings is 1. The molecule has 0 amide bonds. The second-order valence-corrected chi connectivity index (χ2v) is 7.73. The minimum atomic E-state index is 0.358. The molecule has 0 aromatic heterocycles. The molecule has 2 heterocycles. The summed E-state index contributed by atoms with van der Waals surface area (Å²) in [5.41, 5.74) is 2.83. The van der Waals surface area contributed by atoms with Gasteiger partial charge in [-0.25, -0.2) is 0 Å². The van der Waals surface area contributed by atoms with E-state index in [1.54, 1.807) is 0 Å². The van der Waals surface area contributed by atoms with Crippen molar-refractivity contribution < 1.29 is 4.74 Å². The zero-order valence-corrected chi connectivity index (χ0v) is 16.0. The first-order chi connectivity index (χ1) is 12.2. The van der Waals surface area contributed by atoms with Crippen LogP contribution >= 0.6 is 0 Å². The van der Waals surface area contributed by atoms with Crippen LogP contribution in [0.5, 0.6) is 0 Å². The van der Waals surface area contributed by atoms with Crippen molar-refractivity contribution in [3.63, 3.8) is 0 Å². The van der Waals surface area contributed by atoms with E-state index in [-0.39, 0.29) is 0 Å². The summed E-state index contributed by atoms with van der Waals surface area (Å²) in [4.78, 5) is 5.10. The Kier molecular flexibility index (Phi) is 7.29. The molecule has 0 spiro atoms. The maximum atomic E-state index is 5.64. The molecule has 2 saturated heterocycles. The van der Waals surface area contributed by atoms with Gasteiger partial charge in [0.1, 0.15) is 0 Å². The van der Waals surface area contributed by atoms with Gasteiger partial charge in [-0.1, -0.05) is 31.2 Å². The molecule has 0 aliphatic carbocycles. The highest BCUT2D eigenvalue weighted by Gasteiger charge is 2.18. The zero-order chi connectivity index (χ0) is 17.5. The van der Waals surface area contributed by atoms with Gasteiger partial charge in [0.05, 0.1) is 12.7 Å². The van der Waals surface area contributed by atoms with Gasteiger partial charge in [0, 0.05) is 32.2 Å². The highest BCUT2D eigenvalue weighted by atomic mass is 16.5. The first-order valence-corrected chi connectivity index (χ1v) is 10.1. The van der Waals surface area contributed by atoms with Gasteiger partial charge < -0.3 is 15.0 Å². The Morgan fingerprint density at radius 2 is 1.92 bits per heavy atom. The maximum Gasteiger partial charge on any atom is 0.0674 e. The normalized spacial score (nSPS) is 23.8. The van der Waals surface area contributed by atoms with Crippen LogP contribution < -0.4 is 5.32 Å². The molecule has 1 N–H and O–H groups in total. The van der Waals surface area contributed by atoms with Gasteiger partial charge in [0.15, 0.2) is 0 Å². The predicted molar refractivity (Wildman–Crippen MR) is 104 cm³/mol. The molecular formula is C21H35N3O. The average molecular weight is 346 g/mol.